The molecular weight excluding hydrogens is 240 g/mol. The first-order chi connectivity index (χ1) is 9.19. The van der Waals surface area contributed by atoms with E-state index in [0.29, 0.717) is 5.92 Å². The molecule has 1 aliphatic rings. The zero-order valence-electron chi connectivity index (χ0n) is 13.0. The molecule has 0 spiro atoms. The molecule has 0 bridgehead atoms. The van der Waals surface area contributed by atoms with E-state index in [1.165, 1.54) is 25.9 Å². The largest absolute Gasteiger partial charge is 0.394 e. The number of methoxy groups -OCH3 is 1. The van der Waals surface area contributed by atoms with Crippen LogP contribution in [0.1, 0.15) is 39.0 Å². The van der Waals surface area contributed by atoms with Gasteiger partial charge in [-0.25, -0.2) is 0 Å². The van der Waals surface area contributed by atoms with Crippen LogP contribution in [0, 0.1) is 5.92 Å². The van der Waals surface area contributed by atoms with Crippen LogP contribution in [0.25, 0.3) is 0 Å². The number of nitrogens with zero attached hydrogens (tertiary/aromatic N) is 1. The Kier molecular flexibility index (Phi) is 7.91. The number of hydrogen-bond donors (Lipinski definition) is 2. The number of aliphatic hydroxyl groups is 1. The van der Waals surface area contributed by atoms with Crippen molar-refractivity contribution in [1.29, 1.82) is 0 Å². The van der Waals surface area contributed by atoms with E-state index in [-0.39, 0.29) is 12.1 Å². The summed E-state index contributed by atoms with van der Waals surface area (Å²) < 4.78 is 5.27. The highest BCUT2D eigenvalue weighted by molar-refractivity contribution is 4.85. The van der Waals surface area contributed by atoms with Crippen LogP contribution in [-0.2, 0) is 4.74 Å². The van der Waals surface area contributed by atoms with Gasteiger partial charge in [0, 0.05) is 19.2 Å². The molecule has 0 aromatic rings. The fourth-order valence-corrected chi connectivity index (χ4v) is 3.12. The molecule has 1 saturated heterocycles. The maximum atomic E-state index is 9.53. The van der Waals surface area contributed by atoms with Gasteiger partial charge < -0.3 is 20.1 Å². The topological polar surface area (TPSA) is 44.7 Å². The molecule has 2 atom stereocenters. The summed E-state index contributed by atoms with van der Waals surface area (Å²) >= 11 is 0. The summed E-state index contributed by atoms with van der Waals surface area (Å²) in [7, 11) is 3.75. The summed E-state index contributed by atoms with van der Waals surface area (Å²) in [6.45, 7) is 6.80. The van der Waals surface area contributed by atoms with Crippen LogP contribution in [0.4, 0.5) is 0 Å². The first-order valence-electron chi connectivity index (χ1n) is 7.70. The van der Waals surface area contributed by atoms with Gasteiger partial charge in [-0.1, -0.05) is 6.92 Å². The monoisotopic (exact) mass is 272 g/mol. The second kappa shape index (κ2) is 8.90. The number of piperidine rings is 1. The molecule has 4 heteroatoms. The van der Waals surface area contributed by atoms with Crippen LogP contribution in [0.5, 0.6) is 0 Å². The van der Waals surface area contributed by atoms with E-state index in [0.717, 1.165) is 32.4 Å². The van der Waals surface area contributed by atoms with Crippen molar-refractivity contribution in [1.82, 2.24) is 10.2 Å². The molecule has 114 valence electrons. The van der Waals surface area contributed by atoms with Crippen molar-refractivity contribution in [2.24, 2.45) is 5.92 Å². The van der Waals surface area contributed by atoms with Crippen LogP contribution in [0.2, 0.25) is 0 Å². The Balaban J connectivity index is 2.28. The Morgan fingerprint density at radius 3 is 2.84 bits per heavy atom. The highest BCUT2D eigenvalue weighted by Crippen LogP contribution is 2.20. The lowest BCUT2D eigenvalue weighted by molar-refractivity contribution is 0.0859. The second-order valence-corrected chi connectivity index (χ2v) is 5.91. The third-order valence-corrected chi connectivity index (χ3v) is 4.64. The molecule has 1 aliphatic heterocycles. The van der Waals surface area contributed by atoms with Gasteiger partial charge in [0.1, 0.15) is 0 Å². The smallest absolute Gasteiger partial charge is 0.0613 e. The molecule has 0 radical (unpaired) electrons. The lowest BCUT2D eigenvalue weighted by atomic mass is 9.91. The van der Waals surface area contributed by atoms with Crippen molar-refractivity contribution in [3.63, 3.8) is 0 Å². The third kappa shape index (κ3) is 5.38. The Labute approximate surface area is 118 Å². The van der Waals surface area contributed by atoms with Gasteiger partial charge in [0.2, 0.25) is 0 Å². The van der Waals surface area contributed by atoms with Gasteiger partial charge in [-0.15, -0.1) is 0 Å². The highest BCUT2D eigenvalue weighted by Gasteiger charge is 2.25. The van der Waals surface area contributed by atoms with Gasteiger partial charge in [-0.2, -0.15) is 0 Å². The minimum Gasteiger partial charge on any atom is -0.394 e. The number of hydrogen-bond acceptors (Lipinski definition) is 4. The second-order valence-electron chi connectivity index (χ2n) is 5.91. The molecule has 1 heterocycles. The van der Waals surface area contributed by atoms with Crippen molar-refractivity contribution < 1.29 is 9.84 Å². The van der Waals surface area contributed by atoms with Crippen LogP contribution in [0.15, 0.2) is 0 Å². The number of ether oxygens (including phenoxy) is 1. The number of likely N-dealkylation sites (tertiary alicyclic amines) is 1. The molecule has 2 N–H and O–H groups in total. The number of likely N-dealkylation sites (N-methyl/N-ethyl adjacent to an activating group) is 1. The number of nitrogens with one attached hydrogen (secondary N) is 1. The van der Waals surface area contributed by atoms with Gasteiger partial charge >= 0.3 is 0 Å². The van der Waals surface area contributed by atoms with Gasteiger partial charge in [-0.3, -0.25) is 0 Å². The summed E-state index contributed by atoms with van der Waals surface area (Å²) in [5.41, 5.74) is -0.0816. The maximum absolute atomic E-state index is 9.53. The Morgan fingerprint density at radius 1 is 1.47 bits per heavy atom. The molecule has 0 aromatic heterocycles. The SMILES string of the molecule is CCC(CO)(CCCN1CCCC(COC)C1)NC. The summed E-state index contributed by atoms with van der Waals surface area (Å²) in [4.78, 5) is 2.56. The van der Waals surface area contributed by atoms with E-state index in [4.69, 9.17) is 4.74 Å². The lowest BCUT2D eigenvalue weighted by Gasteiger charge is -2.34. The molecule has 2 unspecified atom stereocenters. The molecule has 1 rings (SSSR count). The van der Waals surface area contributed by atoms with Gasteiger partial charge in [0.25, 0.3) is 0 Å². The average molecular weight is 272 g/mol. The molecule has 1 fully saturated rings. The summed E-state index contributed by atoms with van der Waals surface area (Å²) in [5, 5.41) is 12.8. The van der Waals surface area contributed by atoms with Crippen molar-refractivity contribution in [3.05, 3.63) is 0 Å². The highest BCUT2D eigenvalue weighted by atomic mass is 16.5. The van der Waals surface area contributed by atoms with E-state index in [1.54, 1.807) is 7.11 Å². The Hall–Kier alpha value is -0.160. The minimum absolute atomic E-state index is 0.0816. The molecule has 19 heavy (non-hydrogen) atoms. The van der Waals surface area contributed by atoms with Gasteiger partial charge in [0.15, 0.2) is 0 Å². The maximum Gasteiger partial charge on any atom is 0.0613 e. The fourth-order valence-electron chi connectivity index (χ4n) is 3.12. The van der Waals surface area contributed by atoms with E-state index in [2.05, 4.69) is 17.1 Å². The average Bonchev–Trinajstić information content (AvgIpc) is 2.45. The normalized spacial score (nSPS) is 24.3. The zero-order valence-corrected chi connectivity index (χ0v) is 13.0. The van der Waals surface area contributed by atoms with Crippen molar-refractivity contribution >= 4 is 0 Å². The third-order valence-electron chi connectivity index (χ3n) is 4.64. The standard InChI is InChI=1S/C15H32N2O2/c1-4-15(13-18,16-2)8-6-10-17-9-5-7-14(11-17)12-19-3/h14,16,18H,4-13H2,1-3H3. The molecule has 0 aliphatic carbocycles. The van der Waals surface area contributed by atoms with Gasteiger partial charge in [0.05, 0.1) is 13.2 Å². The molecular formula is C15H32N2O2. The quantitative estimate of drug-likeness (QED) is 0.667. The first kappa shape index (κ1) is 16.9. The van der Waals surface area contributed by atoms with Crippen molar-refractivity contribution in [2.45, 2.75) is 44.6 Å². The lowest BCUT2D eigenvalue weighted by Crippen LogP contribution is -2.46. The predicted octanol–water partition coefficient (Wildman–Crippen LogP) is 1.49. The fraction of sp³-hybridized carbons (Fsp3) is 1.00. The first-order valence-corrected chi connectivity index (χ1v) is 7.70. The van der Waals surface area contributed by atoms with E-state index >= 15 is 0 Å². The van der Waals surface area contributed by atoms with Crippen LogP contribution < -0.4 is 5.32 Å². The summed E-state index contributed by atoms with van der Waals surface area (Å²) in [6.07, 6.45) is 5.76. The van der Waals surface area contributed by atoms with Crippen LogP contribution >= 0.6 is 0 Å². The molecule has 4 nitrogen and oxygen atoms in total. The van der Waals surface area contributed by atoms with E-state index < -0.39 is 0 Å². The molecule has 0 aromatic carbocycles. The van der Waals surface area contributed by atoms with Crippen molar-refractivity contribution in [2.75, 3.05) is 47.0 Å². The molecule has 0 saturated carbocycles. The summed E-state index contributed by atoms with van der Waals surface area (Å²) in [5.74, 6) is 0.705. The van der Waals surface area contributed by atoms with E-state index in [9.17, 15) is 5.11 Å². The minimum atomic E-state index is -0.0816. The van der Waals surface area contributed by atoms with E-state index in [1.807, 2.05) is 7.05 Å². The Morgan fingerprint density at radius 2 is 2.26 bits per heavy atom. The number of rotatable bonds is 9. The predicted molar refractivity (Wildman–Crippen MR) is 79.4 cm³/mol. The number of aliphatic hydroxyl groups excluding tert-OH is 1. The van der Waals surface area contributed by atoms with Crippen LogP contribution in [-0.4, -0.2) is 62.6 Å². The Bertz CT molecular complexity index is 222. The van der Waals surface area contributed by atoms with Crippen molar-refractivity contribution in [3.8, 4) is 0 Å². The summed E-state index contributed by atoms with van der Waals surface area (Å²) in [6, 6.07) is 0. The van der Waals surface area contributed by atoms with Gasteiger partial charge in [-0.05, 0) is 58.2 Å². The van der Waals surface area contributed by atoms with Crippen LogP contribution in [0.3, 0.4) is 0 Å². The molecule has 0 amide bonds. The zero-order chi connectivity index (χ0) is 14.1.